The van der Waals surface area contributed by atoms with Crippen LogP contribution in [0.3, 0.4) is 0 Å². The molecule has 0 bridgehead atoms. The first-order valence-electron chi connectivity index (χ1n) is 5.84. The fourth-order valence-electron chi connectivity index (χ4n) is 1.44. The highest BCUT2D eigenvalue weighted by atomic mass is 32.2. The van der Waals surface area contributed by atoms with Crippen molar-refractivity contribution in [2.75, 3.05) is 20.2 Å². The van der Waals surface area contributed by atoms with Crippen LogP contribution in [-0.2, 0) is 21.3 Å². The maximum Gasteiger partial charge on any atom is 0.273 e. The van der Waals surface area contributed by atoms with Crippen molar-refractivity contribution in [3.8, 4) is 0 Å². The Balaban J connectivity index is 2.45. The van der Waals surface area contributed by atoms with Crippen molar-refractivity contribution in [2.45, 2.75) is 31.6 Å². The minimum absolute atomic E-state index is 0.0698. The second kappa shape index (κ2) is 6.89. The van der Waals surface area contributed by atoms with Gasteiger partial charge in [0, 0.05) is 13.2 Å². The number of hydrogen-bond donors (Lipinski definition) is 2. The SMILES string of the molecule is CCOC(C)CNCc1ccc(S(=O)(=O)NC)o1. The third kappa shape index (κ3) is 4.41. The molecule has 0 spiro atoms. The lowest BCUT2D eigenvalue weighted by Gasteiger charge is -2.11. The topological polar surface area (TPSA) is 80.6 Å². The first kappa shape index (κ1) is 15.2. The van der Waals surface area contributed by atoms with Crippen molar-refractivity contribution in [3.05, 3.63) is 17.9 Å². The molecule has 0 saturated carbocycles. The van der Waals surface area contributed by atoms with Gasteiger partial charge in [0.2, 0.25) is 5.09 Å². The van der Waals surface area contributed by atoms with E-state index in [9.17, 15) is 8.42 Å². The van der Waals surface area contributed by atoms with Gasteiger partial charge in [-0.25, -0.2) is 13.1 Å². The van der Waals surface area contributed by atoms with Crippen molar-refractivity contribution in [3.63, 3.8) is 0 Å². The van der Waals surface area contributed by atoms with E-state index in [0.29, 0.717) is 25.5 Å². The predicted molar refractivity (Wildman–Crippen MR) is 67.7 cm³/mol. The Morgan fingerprint density at radius 2 is 2.17 bits per heavy atom. The van der Waals surface area contributed by atoms with Gasteiger partial charge in [-0.2, -0.15) is 0 Å². The Kier molecular flexibility index (Phi) is 5.80. The molecule has 0 aromatic carbocycles. The van der Waals surface area contributed by atoms with E-state index in [0.717, 1.165) is 0 Å². The molecule has 104 valence electrons. The summed E-state index contributed by atoms with van der Waals surface area (Å²) in [5.74, 6) is 0.576. The zero-order valence-corrected chi connectivity index (χ0v) is 11.7. The zero-order chi connectivity index (χ0) is 13.6. The smallest absolute Gasteiger partial charge is 0.273 e. The van der Waals surface area contributed by atoms with E-state index in [2.05, 4.69) is 10.0 Å². The summed E-state index contributed by atoms with van der Waals surface area (Å²) in [5, 5.41) is 3.07. The van der Waals surface area contributed by atoms with Crippen molar-refractivity contribution in [1.82, 2.24) is 10.0 Å². The van der Waals surface area contributed by atoms with E-state index in [1.165, 1.54) is 13.1 Å². The molecule has 1 aromatic heterocycles. The fraction of sp³-hybridized carbons (Fsp3) is 0.636. The molecule has 1 atom stereocenters. The van der Waals surface area contributed by atoms with E-state index in [4.69, 9.17) is 9.15 Å². The summed E-state index contributed by atoms with van der Waals surface area (Å²) < 4.78 is 35.7. The van der Waals surface area contributed by atoms with Crippen LogP contribution in [0.25, 0.3) is 0 Å². The normalized spacial score (nSPS) is 13.7. The van der Waals surface area contributed by atoms with Gasteiger partial charge in [-0.15, -0.1) is 0 Å². The van der Waals surface area contributed by atoms with Gasteiger partial charge in [0.05, 0.1) is 12.6 Å². The Morgan fingerprint density at radius 1 is 1.44 bits per heavy atom. The molecular formula is C11H20N2O4S. The Bertz CT molecular complexity index is 455. The lowest BCUT2D eigenvalue weighted by molar-refractivity contribution is 0.0755. The number of hydrogen-bond acceptors (Lipinski definition) is 5. The van der Waals surface area contributed by atoms with Crippen LogP contribution in [0.5, 0.6) is 0 Å². The minimum atomic E-state index is -3.50. The molecular weight excluding hydrogens is 256 g/mol. The molecule has 1 aromatic rings. The fourth-order valence-corrected chi connectivity index (χ4v) is 2.11. The quantitative estimate of drug-likeness (QED) is 0.730. The highest BCUT2D eigenvalue weighted by molar-refractivity contribution is 7.89. The van der Waals surface area contributed by atoms with Crippen LogP contribution in [0.15, 0.2) is 21.6 Å². The van der Waals surface area contributed by atoms with E-state index < -0.39 is 10.0 Å². The summed E-state index contributed by atoms with van der Waals surface area (Å²) >= 11 is 0. The predicted octanol–water partition coefficient (Wildman–Crippen LogP) is 0.702. The van der Waals surface area contributed by atoms with Gasteiger partial charge in [0.25, 0.3) is 10.0 Å². The van der Waals surface area contributed by atoms with Crippen LogP contribution >= 0.6 is 0 Å². The van der Waals surface area contributed by atoms with Gasteiger partial charge in [-0.1, -0.05) is 0 Å². The number of furan rings is 1. The van der Waals surface area contributed by atoms with E-state index in [1.807, 2.05) is 13.8 Å². The molecule has 1 unspecified atom stereocenters. The number of ether oxygens (including phenoxy) is 1. The summed E-state index contributed by atoms with van der Waals surface area (Å²) in [6.07, 6.45) is 0.116. The summed E-state index contributed by atoms with van der Waals surface area (Å²) in [4.78, 5) is 0. The largest absolute Gasteiger partial charge is 0.447 e. The first-order valence-corrected chi connectivity index (χ1v) is 7.32. The van der Waals surface area contributed by atoms with Gasteiger partial charge in [0.1, 0.15) is 5.76 Å². The van der Waals surface area contributed by atoms with Gasteiger partial charge in [-0.3, -0.25) is 0 Å². The van der Waals surface area contributed by atoms with E-state index in [1.54, 1.807) is 6.07 Å². The molecule has 0 aliphatic heterocycles. The van der Waals surface area contributed by atoms with Crippen LogP contribution in [-0.4, -0.2) is 34.7 Å². The molecule has 1 rings (SSSR count). The van der Waals surface area contributed by atoms with Crippen LogP contribution in [0, 0.1) is 0 Å². The van der Waals surface area contributed by atoms with Gasteiger partial charge < -0.3 is 14.5 Å². The lowest BCUT2D eigenvalue weighted by atomic mass is 10.4. The lowest BCUT2D eigenvalue weighted by Crippen LogP contribution is -2.26. The Hall–Kier alpha value is -0.890. The van der Waals surface area contributed by atoms with Crippen molar-refractivity contribution in [1.29, 1.82) is 0 Å². The van der Waals surface area contributed by atoms with Crippen LogP contribution in [0.1, 0.15) is 19.6 Å². The van der Waals surface area contributed by atoms with Gasteiger partial charge in [-0.05, 0) is 33.0 Å². The monoisotopic (exact) mass is 276 g/mol. The molecule has 6 nitrogen and oxygen atoms in total. The number of nitrogens with one attached hydrogen (secondary N) is 2. The standard InChI is InChI=1S/C11H20N2O4S/c1-4-16-9(2)7-13-8-10-5-6-11(17-10)18(14,15)12-3/h5-6,9,12-13H,4,7-8H2,1-3H3. The molecule has 1 heterocycles. The van der Waals surface area contributed by atoms with Crippen molar-refractivity contribution in [2.24, 2.45) is 0 Å². The molecule has 7 heteroatoms. The third-order valence-electron chi connectivity index (χ3n) is 2.35. The second-order valence-electron chi connectivity index (χ2n) is 3.83. The number of sulfonamides is 1. The minimum Gasteiger partial charge on any atom is -0.447 e. The highest BCUT2D eigenvalue weighted by Gasteiger charge is 2.16. The highest BCUT2D eigenvalue weighted by Crippen LogP contribution is 2.13. The molecule has 2 N–H and O–H groups in total. The van der Waals surface area contributed by atoms with E-state index >= 15 is 0 Å². The summed E-state index contributed by atoms with van der Waals surface area (Å²) in [6, 6.07) is 3.08. The molecule has 0 amide bonds. The molecule has 0 fully saturated rings. The van der Waals surface area contributed by atoms with Crippen LogP contribution in [0.4, 0.5) is 0 Å². The van der Waals surface area contributed by atoms with Gasteiger partial charge >= 0.3 is 0 Å². The maximum absolute atomic E-state index is 11.4. The van der Waals surface area contributed by atoms with Crippen LogP contribution in [0.2, 0.25) is 0 Å². The van der Waals surface area contributed by atoms with Gasteiger partial charge in [0.15, 0.2) is 0 Å². The molecule has 0 aliphatic carbocycles. The molecule has 0 aliphatic rings. The summed E-state index contributed by atoms with van der Waals surface area (Å²) in [7, 11) is -2.15. The Labute approximate surface area is 108 Å². The van der Waals surface area contributed by atoms with E-state index in [-0.39, 0.29) is 11.2 Å². The maximum atomic E-state index is 11.4. The Morgan fingerprint density at radius 3 is 2.78 bits per heavy atom. The number of rotatable bonds is 8. The molecule has 0 saturated heterocycles. The summed E-state index contributed by atoms with van der Waals surface area (Å²) in [6.45, 7) is 5.74. The average Bonchev–Trinajstić information content (AvgIpc) is 2.79. The van der Waals surface area contributed by atoms with Crippen molar-refractivity contribution >= 4 is 10.0 Å². The second-order valence-corrected chi connectivity index (χ2v) is 5.64. The molecule has 0 radical (unpaired) electrons. The van der Waals surface area contributed by atoms with Crippen LogP contribution < -0.4 is 10.0 Å². The first-order chi connectivity index (χ1) is 8.49. The molecule has 18 heavy (non-hydrogen) atoms. The zero-order valence-electron chi connectivity index (χ0n) is 10.9. The summed E-state index contributed by atoms with van der Waals surface area (Å²) in [5.41, 5.74) is 0. The third-order valence-corrected chi connectivity index (χ3v) is 3.64. The van der Waals surface area contributed by atoms with Crippen molar-refractivity contribution < 1.29 is 17.6 Å². The average molecular weight is 276 g/mol.